The van der Waals surface area contributed by atoms with Crippen molar-refractivity contribution in [3.8, 4) is 0 Å². The molecule has 166 valence electrons. The number of ether oxygens (including phenoxy) is 1. The van der Waals surface area contributed by atoms with Gasteiger partial charge in [-0.05, 0) is 35.9 Å². The fourth-order valence-corrected chi connectivity index (χ4v) is 4.86. The van der Waals surface area contributed by atoms with E-state index in [2.05, 4.69) is 10.6 Å². The van der Waals surface area contributed by atoms with Crippen molar-refractivity contribution in [1.82, 2.24) is 14.9 Å². The zero-order valence-electron chi connectivity index (χ0n) is 16.8. The average molecular weight is 466 g/mol. The van der Waals surface area contributed by atoms with E-state index in [1.54, 1.807) is 48.5 Å². The number of hydrogen-bond donors (Lipinski definition) is 2. The van der Waals surface area contributed by atoms with Crippen LogP contribution in [0.2, 0.25) is 5.02 Å². The molecule has 0 unspecified atom stereocenters. The lowest BCUT2D eigenvalue weighted by atomic mass is 10.2. The molecular formula is C21H24ClN3O5S. The Hall–Kier alpha value is -2.46. The van der Waals surface area contributed by atoms with Crippen molar-refractivity contribution in [3.05, 3.63) is 64.7 Å². The summed E-state index contributed by atoms with van der Waals surface area (Å²) in [7, 11) is -3.67. The summed E-state index contributed by atoms with van der Waals surface area (Å²) in [6.45, 7) is 1.55. The van der Waals surface area contributed by atoms with Crippen LogP contribution in [0.15, 0.2) is 53.4 Å². The minimum atomic E-state index is -3.67. The predicted octanol–water partition coefficient (Wildman–Crippen LogP) is 1.80. The summed E-state index contributed by atoms with van der Waals surface area (Å²) < 4.78 is 32.5. The van der Waals surface area contributed by atoms with E-state index in [0.29, 0.717) is 42.5 Å². The highest BCUT2D eigenvalue weighted by atomic mass is 35.5. The van der Waals surface area contributed by atoms with Gasteiger partial charge in [-0.25, -0.2) is 8.42 Å². The van der Waals surface area contributed by atoms with Crippen LogP contribution in [-0.2, 0) is 26.1 Å². The van der Waals surface area contributed by atoms with Crippen molar-refractivity contribution < 1.29 is 22.7 Å². The molecule has 2 N–H and O–H groups in total. The molecule has 31 heavy (non-hydrogen) atoms. The second-order valence-electron chi connectivity index (χ2n) is 6.91. The highest BCUT2D eigenvalue weighted by molar-refractivity contribution is 7.89. The van der Waals surface area contributed by atoms with Crippen molar-refractivity contribution in [2.75, 3.05) is 32.8 Å². The van der Waals surface area contributed by atoms with Gasteiger partial charge in [0.25, 0.3) is 5.91 Å². The lowest BCUT2D eigenvalue weighted by Crippen LogP contribution is -2.41. The van der Waals surface area contributed by atoms with E-state index in [9.17, 15) is 18.0 Å². The fourth-order valence-electron chi connectivity index (χ4n) is 3.10. The highest BCUT2D eigenvalue weighted by Crippen LogP contribution is 2.21. The first kappa shape index (κ1) is 23.2. The minimum Gasteiger partial charge on any atom is -0.379 e. The summed E-state index contributed by atoms with van der Waals surface area (Å²) in [4.78, 5) is 24.4. The van der Waals surface area contributed by atoms with Gasteiger partial charge >= 0.3 is 0 Å². The van der Waals surface area contributed by atoms with Gasteiger partial charge in [0.15, 0.2) is 0 Å². The van der Waals surface area contributed by atoms with Crippen LogP contribution < -0.4 is 10.6 Å². The molecule has 1 saturated heterocycles. The van der Waals surface area contributed by atoms with Crippen molar-refractivity contribution in [2.45, 2.75) is 17.9 Å². The number of hydrogen-bond acceptors (Lipinski definition) is 5. The molecule has 1 fully saturated rings. The smallest absolute Gasteiger partial charge is 0.251 e. The molecule has 2 aromatic rings. The topological polar surface area (TPSA) is 105 Å². The van der Waals surface area contributed by atoms with Crippen molar-refractivity contribution >= 4 is 33.4 Å². The molecule has 2 aromatic carbocycles. The van der Waals surface area contributed by atoms with Crippen molar-refractivity contribution in [3.63, 3.8) is 0 Å². The molecular weight excluding hydrogens is 442 g/mol. The number of sulfonamides is 1. The number of nitrogens with zero attached hydrogens (tertiary/aromatic N) is 1. The van der Waals surface area contributed by atoms with E-state index in [-0.39, 0.29) is 36.2 Å². The molecule has 1 aliphatic heterocycles. The molecule has 2 amide bonds. The number of rotatable bonds is 8. The van der Waals surface area contributed by atoms with E-state index < -0.39 is 10.0 Å². The Morgan fingerprint density at radius 1 is 1.00 bits per heavy atom. The second kappa shape index (κ2) is 10.7. The number of nitrogens with one attached hydrogen (secondary N) is 2. The largest absolute Gasteiger partial charge is 0.379 e. The second-order valence-corrected chi connectivity index (χ2v) is 9.26. The number of carbonyl (C=O) groups is 2. The van der Waals surface area contributed by atoms with Gasteiger partial charge in [0.05, 0.1) is 18.1 Å². The van der Waals surface area contributed by atoms with Gasteiger partial charge in [-0.1, -0.05) is 29.8 Å². The van der Waals surface area contributed by atoms with E-state index in [4.69, 9.17) is 16.3 Å². The SMILES string of the molecule is O=C(CCNC(=O)c1ccc(Cl)cc1)NCc1ccccc1S(=O)(=O)N1CCOCC1. The molecule has 0 radical (unpaired) electrons. The van der Waals surface area contributed by atoms with Crippen molar-refractivity contribution in [2.24, 2.45) is 0 Å². The summed E-state index contributed by atoms with van der Waals surface area (Å²) in [6, 6.07) is 13.0. The maximum Gasteiger partial charge on any atom is 0.251 e. The first-order valence-corrected chi connectivity index (χ1v) is 11.7. The number of amides is 2. The quantitative estimate of drug-likeness (QED) is 0.618. The first-order chi connectivity index (χ1) is 14.9. The summed E-state index contributed by atoms with van der Waals surface area (Å²) in [5, 5.41) is 5.92. The first-order valence-electron chi connectivity index (χ1n) is 9.84. The minimum absolute atomic E-state index is 0.0672. The number of morpholine rings is 1. The highest BCUT2D eigenvalue weighted by Gasteiger charge is 2.28. The summed E-state index contributed by atoms with van der Waals surface area (Å²) in [5.74, 6) is -0.596. The monoisotopic (exact) mass is 465 g/mol. The number of halogens is 1. The number of carbonyl (C=O) groups excluding carboxylic acids is 2. The summed E-state index contributed by atoms with van der Waals surface area (Å²) in [6.07, 6.45) is 0.0672. The maximum absolute atomic E-state index is 13.0. The molecule has 0 atom stereocenters. The fraction of sp³-hybridized carbons (Fsp3) is 0.333. The lowest BCUT2D eigenvalue weighted by molar-refractivity contribution is -0.121. The normalized spacial score (nSPS) is 14.7. The van der Waals surface area contributed by atoms with Gasteiger partial charge in [-0.2, -0.15) is 4.31 Å². The average Bonchev–Trinajstić information content (AvgIpc) is 2.79. The molecule has 1 heterocycles. The van der Waals surface area contributed by atoms with Gasteiger partial charge in [0, 0.05) is 43.2 Å². The summed E-state index contributed by atoms with van der Waals surface area (Å²) in [5.41, 5.74) is 0.958. The van der Waals surface area contributed by atoms with Crippen LogP contribution in [-0.4, -0.2) is 57.4 Å². The van der Waals surface area contributed by atoms with Crippen LogP contribution in [0.25, 0.3) is 0 Å². The molecule has 0 aromatic heterocycles. The van der Waals surface area contributed by atoms with Crippen LogP contribution in [0.5, 0.6) is 0 Å². The van der Waals surface area contributed by atoms with Crippen LogP contribution in [0.4, 0.5) is 0 Å². The van der Waals surface area contributed by atoms with Crippen LogP contribution in [0.1, 0.15) is 22.3 Å². The Bertz CT molecular complexity index is 1020. The molecule has 0 bridgehead atoms. The van der Waals surface area contributed by atoms with Crippen LogP contribution in [0.3, 0.4) is 0 Å². The molecule has 0 saturated carbocycles. The van der Waals surface area contributed by atoms with Gasteiger partial charge in [0.2, 0.25) is 15.9 Å². The third-order valence-corrected chi connectivity index (χ3v) is 7.03. The zero-order valence-corrected chi connectivity index (χ0v) is 18.4. The maximum atomic E-state index is 13.0. The van der Waals surface area contributed by atoms with Crippen LogP contribution in [0, 0.1) is 0 Å². The molecule has 0 aliphatic carbocycles. The predicted molar refractivity (Wildman–Crippen MR) is 116 cm³/mol. The van der Waals surface area contributed by atoms with Gasteiger partial charge in [-0.15, -0.1) is 0 Å². The molecule has 10 heteroatoms. The standard InChI is InChI=1S/C21H24ClN3O5S/c22-18-7-5-16(6-8-18)21(27)23-10-9-20(26)24-15-17-3-1-2-4-19(17)31(28,29)25-11-13-30-14-12-25/h1-8H,9-15H2,(H,23,27)(H,24,26). The zero-order chi connectivity index (χ0) is 22.3. The van der Waals surface area contributed by atoms with E-state index in [0.717, 1.165) is 0 Å². The third-order valence-electron chi connectivity index (χ3n) is 4.78. The Morgan fingerprint density at radius 2 is 1.68 bits per heavy atom. The van der Waals surface area contributed by atoms with Gasteiger partial charge in [-0.3, -0.25) is 9.59 Å². The molecule has 0 spiro atoms. The van der Waals surface area contributed by atoms with Crippen molar-refractivity contribution in [1.29, 1.82) is 0 Å². The Kier molecular flexibility index (Phi) is 8.03. The molecule has 8 nitrogen and oxygen atoms in total. The van der Waals surface area contributed by atoms with E-state index in [1.165, 1.54) is 4.31 Å². The molecule has 3 rings (SSSR count). The Morgan fingerprint density at radius 3 is 2.39 bits per heavy atom. The van der Waals surface area contributed by atoms with E-state index >= 15 is 0 Å². The third kappa shape index (κ3) is 6.27. The Balaban J connectivity index is 1.52. The van der Waals surface area contributed by atoms with Gasteiger partial charge in [0.1, 0.15) is 0 Å². The van der Waals surface area contributed by atoms with E-state index in [1.807, 2.05) is 0 Å². The summed E-state index contributed by atoms with van der Waals surface area (Å²) >= 11 is 5.80. The Labute approximate surface area is 186 Å². The van der Waals surface area contributed by atoms with Crippen LogP contribution >= 0.6 is 11.6 Å². The number of benzene rings is 2. The van der Waals surface area contributed by atoms with Gasteiger partial charge < -0.3 is 15.4 Å². The molecule has 1 aliphatic rings. The lowest BCUT2D eigenvalue weighted by Gasteiger charge is -2.27.